The highest BCUT2D eigenvalue weighted by Gasteiger charge is 2.19. The molecule has 0 saturated carbocycles. The third kappa shape index (κ3) is 60.7. The third-order valence-corrected chi connectivity index (χ3v) is 13.2. The van der Waals surface area contributed by atoms with E-state index in [9.17, 15) is 14.4 Å². The molecule has 1 unspecified atom stereocenters. The molecule has 432 valence electrons. The van der Waals surface area contributed by atoms with Crippen molar-refractivity contribution in [2.24, 2.45) is 0 Å². The summed E-state index contributed by atoms with van der Waals surface area (Å²) in [5.41, 5.74) is 0. The second-order valence-corrected chi connectivity index (χ2v) is 20.6. The van der Waals surface area contributed by atoms with Crippen molar-refractivity contribution in [2.45, 2.75) is 290 Å². The SMILES string of the molecule is CC/C=C\C/C=C\C/C=C\C/C=C\C/C=C\C/C=C\C/C=C\C/C=C\C/C=C\CCCCCCCCCC(=O)OCC(COC(=O)CCCCCCCCCC)OC(=O)CCCCCCC/C=C\CCCCCCCC. The van der Waals surface area contributed by atoms with Gasteiger partial charge in [-0.25, -0.2) is 0 Å². The Morgan fingerprint density at radius 2 is 0.513 bits per heavy atom. The van der Waals surface area contributed by atoms with E-state index in [1.165, 1.54) is 109 Å². The van der Waals surface area contributed by atoms with Gasteiger partial charge in [-0.15, -0.1) is 0 Å². The van der Waals surface area contributed by atoms with Gasteiger partial charge in [0.15, 0.2) is 6.10 Å². The Labute approximate surface area is 469 Å². The molecule has 6 nitrogen and oxygen atoms in total. The summed E-state index contributed by atoms with van der Waals surface area (Å²) in [5.74, 6) is -0.907. The minimum atomic E-state index is -0.786. The van der Waals surface area contributed by atoms with Crippen LogP contribution in [-0.2, 0) is 28.6 Å². The molecular formula is C70H116O6. The van der Waals surface area contributed by atoms with E-state index in [4.69, 9.17) is 14.2 Å². The van der Waals surface area contributed by atoms with Gasteiger partial charge >= 0.3 is 17.9 Å². The second kappa shape index (κ2) is 63.3. The van der Waals surface area contributed by atoms with Gasteiger partial charge in [-0.3, -0.25) is 14.4 Å². The molecule has 0 saturated heterocycles. The van der Waals surface area contributed by atoms with Gasteiger partial charge in [0.25, 0.3) is 0 Å². The average molecular weight is 1050 g/mol. The first kappa shape index (κ1) is 71.8. The topological polar surface area (TPSA) is 78.9 Å². The van der Waals surface area contributed by atoms with E-state index in [1.54, 1.807) is 0 Å². The van der Waals surface area contributed by atoms with Crippen LogP contribution in [0.5, 0.6) is 0 Å². The van der Waals surface area contributed by atoms with Crippen molar-refractivity contribution in [1.82, 2.24) is 0 Å². The maximum atomic E-state index is 12.8. The van der Waals surface area contributed by atoms with E-state index in [1.807, 2.05) is 0 Å². The zero-order valence-electron chi connectivity index (χ0n) is 49.5. The molecule has 0 fully saturated rings. The van der Waals surface area contributed by atoms with E-state index in [2.05, 4.69) is 142 Å². The lowest BCUT2D eigenvalue weighted by Crippen LogP contribution is -2.30. The summed E-state index contributed by atoms with van der Waals surface area (Å²) in [4.78, 5) is 38.0. The maximum Gasteiger partial charge on any atom is 0.306 e. The lowest BCUT2D eigenvalue weighted by molar-refractivity contribution is -0.167. The van der Waals surface area contributed by atoms with Gasteiger partial charge in [-0.2, -0.15) is 0 Å². The summed E-state index contributed by atoms with van der Waals surface area (Å²) in [6, 6.07) is 0. The summed E-state index contributed by atoms with van der Waals surface area (Å²) in [6.07, 6.45) is 87.9. The predicted octanol–water partition coefficient (Wildman–Crippen LogP) is 21.6. The van der Waals surface area contributed by atoms with Gasteiger partial charge < -0.3 is 14.2 Å². The van der Waals surface area contributed by atoms with Crippen LogP contribution in [0.1, 0.15) is 284 Å². The van der Waals surface area contributed by atoms with Crippen molar-refractivity contribution in [2.75, 3.05) is 13.2 Å². The van der Waals surface area contributed by atoms with Crippen LogP contribution in [-0.4, -0.2) is 37.2 Å². The number of hydrogen-bond acceptors (Lipinski definition) is 6. The van der Waals surface area contributed by atoms with Crippen molar-refractivity contribution in [3.05, 3.63) is 122 Å². The molecule has 0 aliphatic heterocycles. The number of unbranched alkanes of at least 4 members (excludes halogenated alkanes) is 25. The summed E-state index contributed by atoms with van der Waals surface area (Å²) < 4.78 is 16.8. The summed E-state index contributed by atoms with van der Waals surface area (Å²) in [7, 11) is 0. The number of carbonyl (C=O) groups is 3. The number of ether oxygens (including phenoxy) is 3. The van der Waals surface area contributed by atoms with Crippen LogP contribution in [0.4, 0.5) is 0 Å². The number of hydrogen-bond donors (Lipinski definition) is 0. The van der Waals surface area contributed by atoms with Crippen molar-refractivity contribution >= 4 is 17.9 Å². The van der Waals surface area contributed by atoms with Gasteiger partial charge in [0.2, 0.25) is 0 Å². The number of rotatable bonds is 56. The standard InChI is InChI=1S/C70H116O6/c1-4-7-10-13-16-19-21-23-25-26-27-28-29-30-31-32-33-34-35-36-37-38-39-40-41-42-43-44-46-47-49-51-54-57-60-63-69(72)75-66-67(65-74-68(71)62-59-56-53-18-15-12-9-6-3)76-70(73)64-61-58-55-52-50-48-45-24-22-20-17-14-11-8-5-2/h7,10,16,19,23-25,27-28,30-31,33-34,36-37,39-40,42-43,45,67H,4-6,8-9,11-15,17-18,20-22,26,29,32,35,38,41,44,46-66H2,1-3H3/b10-7-,19-16-,25-23-,28-27-,31-30-,34-33-,37-36-,40-39-,43-42-,45-24-. The quantitative estimate of drug-likeness (QED) is 0.0261. The molecule has 0 rings (SSSR count). The minimum Gasteiger partial charge on any atom is -0.462 e. The Balaban J connectivity index is 4.17. The minimum absolute atomic E-state index is 0.0841. The Morgan fingerprint density at radius 1 is 0.276 bits per heavy atom. The molecule has 0 aliphatic carbocycles. The summed E-state index contributed by atoms with van der Waals surface area (Å²) in [6.45, 7) is 6.48. The van der Waals surface area contributed by atoms with Crippen molar-refractivity contribution in [3.8, 4) is 0 Å². The normalized spacial score (nSPS) is 12.9. The molecule has 1 atom stereocenters. The zero-order chi connectivity index (χ0) is 55.0. The van der Waals surface area contributed by atoms with E-state index in [0.717, 1.165) is 135 Å². The summed E-state index contributed by atoms with van der Waals surface area (Å²) >= 11 is 0. The fourth-order valence-corrected chi connectivity index (χ4v) is 8.49. The van der Waals surface area contributed by atoms with Crippen LogP contribution < -0.4 is 0 Å². The van der Waals surface area contributed by atoms with Crippen LogP contribution in [0.15, 0.2) is 122 Å². The predicted molar refractivity (Wildman–Crippen MR) is 330 cm³/mol. The van der Waals surface area contributed by atoms with Crippen LogP contribution in [0.3, 0.4) is 0 Å². The van der Waals surface area contributed by atoms with Crippen LogP contribution in [0, 0.1) is 0 Å². The average Bonchev–Trinajstić information content (AvgIpc) is 3.42. The van der Waals surface area contributed by atoms with E-state index in [0.29, 0.717) is 19.3 Å². The highest BCUT2D eigenvalue weighted by Crippen LogP contribution is 2.15. The highest BCUT2D eigenvalue weighted by molar-refractivity contribution is 5.71. The Kier molecular flexibility index (Phi) is 59.9. The maximum absolute atomic E-state index is 12.8. The molecule has 0 bridgehead atoms. The molecule has 0 spiro atoms. The molecule has 0 N–H and O–H groups in total. The molecular weight excluding hydrogens is 937 g/mol. The number of carbonyl (C=O) groups excluding carboxylic acids is 3. The molecule has 6 heteroatoms. The van der Waals surface area contributed by atoms with E-state index < -0.39 is 6.10 Å². The van der Waals surface area contributed by atoms with Crippen LogP contribution in [0.25, 0.3) is 0 Å². The fraction of sp³-hybridized carbons (Fsp3) is 0.671. The lowest BCUT2D eigenvalue weighted by Gasteiger charge is -2.18. The zero-order valence-corrected chi connectivity index (χ0v) is 49.5. The Morgan fingerprint density at radius 3 is 0.816 bits per heavy atom. The van der Waals surface area contributed by atoms with Gasteiger partial charge in [0.05, 0.1) is 0 Å². The number of esters is 3. The Hall–Kier alpha value is -4.19. The molecule has 0 radical (unpaired) electrons. The monoisotopic (exact) mass is 1050 g/mol. The van der Waals surface area contributed by atoms with Gasteiger partial charge in [-0.05, 0) is 116 Å². The first-order valence-electron chi connectivity index (χ1n) is 31.5. The molecule has 0 aromatic carbocycles. The van der Waals surface area contributed by atoms with E-state index >= 15 is 0 Å². The third-order valence-electron chi connectivity index (χ3n) is 13.2. The highest BCUT2D eigenvalue weighted by atomic mass is 16.6. The molecule has 0 amide bonds. The molecule has 0 aliphatic rings. The van der Waals surface area contributed by atoms with Crippen molar-refractivity contribution in [3.63, 3.8) is 0 Å². The first-order chi connectivity index (χ1) is 37.5. The fourth-order valence-electron chi connectivity index (χ4n) is 8.49. The Bertz CT molecular complexity index is 1590. The second-order valence-electron chi connectivity index (χ2n) is 20.6. The van der Waals surface area contributed by atoms with E-state index in [-0.39, 0.29) is 31.1 Å². The lowest BCUT2D eigenvalue weighted by atomic mass is 10.1. The molecule has 0 aromatic rings. The van der Waals surface area contributed by atoms with Gasteiger partial charge in [0.1, 0.15) is 13.2 Å². The van der Waals surface area contributed by atoms with Gasteiger partial charge in [-0.1, -0.05) is 271 Å². The summed E-state index contributed by atoms with van der Waals surface area (Å²) in [5, 5.41) is 0. The molecule has 76 heavy (non-hydrogen) atoms. The molecule has 0 heterocycles. The van der Waals surface area contributed by atoms with Crippen molar-refractivity contribution < 1.29 is 28.6 Å². The largest absolute Gasteiger partial charge is 0.462 e. The van der Waals surface area contributed by atoms with Crippen LogP contribution in [0.2, 0.25) is 0 Å². The molecule has 0 aromatic heterocycles. The first-order valence-corrected chi connectivity index (χ1v) is 31.5. The number of allylic oxidation sites excluding steroid dienone is 20. The van der Waals surface area contributed by atoms with Crippen molar-refractivity contribution in [1.29, 1.82) is 0 Å². The van der Waals surface area contributed by atoms with Crippen LogP contribution >= 0.6 is 0 Å². The van der Waals surface area contributed by atoms with Gasteiger partial charge in [0, 0.05) is 19.3 Å². The smallest absolute Gasteiger partial charge is 0.306 e.